The van der Waals surface area contributed by atoms with Gasteiger partial charge in [-0.15, -0.1) is 0 Å². The van der Waals surface area contributed by atoms with Gasteiger partial charge in [0.15, 0.2) is 0 Å². The van der Waals surface area contributed by atoms with E-state index in [4.69, 9.17) is 4.74 Å². The first-order valence-corrected chi connectivity index (χ1v) is 5.09. The summed E-state index contributed by atoms with van der Waals surface area (Å²) in [6.07, 6.45) is 5.79. The van der Waals surface area contributed by atoms with Gasteiger partial charge in [0.25, 0.3) is 0 Å². The minimum Gasteiger partial charge on any atom is -0.466 e. The van der Waals surface area contributed by atoms with Crippen LogP contribution in [0, 0.1) is 0 Å². The summed E-state index contributed by atoms with van der Waals surface area (Å²) in [6, 6.07) is 1.75. The van der Waals surface area contributed by atoms with Crippen molar-refractivity contribution in [1.82, 2.24) is 15.3 Å². The third-order valence-electron chi connectivity index (χ3n) is 2.48. The highest BCUT2D eigenvalue weighted by molar-refractivity contribution is 5.88. The van der Waals surface area contributed by atoms with Crippen LogP contribution in [0.25, 0.3) is 0 Å². The Bertz CT molecular complexity index is 403. The zero-order chi connectivity index (χ0) is 11.4. The molecule has 0 saturated heterocycles. The van der Waals surface area contributed by atoms with Gasteiger partial charge in [0.2, 0.25) is 0 Å². The Hall–Kier alpha value is -1.75. The van der Waals surface area contributed by atoms with Crippen molar-refractivity contribution in [2.24, 2.45) is 0 Å². The van der Waals surface area contributed by atoms with Crippen LogP contribution in [0.1, 0.15) is 18.3 Å². The van der Waals surface area contributed by atoms with Gasteiger partial charge < -0.3 is 10.1 Å². The van der Waals surface area contributed by atoms with E-state index in [1.54, 1.807) is 18.5 Å². The summed E-state index contributed by atoms with van der Waals surface area (Å²) in [5.74, 6) is 0.430. The van der Waals surface area contributed by atoms with Gasteiger partial charge in [0, 0.05) is 30.9 Å². The molecule has 5 heteroatoms. The Morgan fingerprint density at radius 2 is 2.25 bits per heavy atom. The van der Waals surface area contributed by atoms with Crippen molar-refractivity contribution in [3.8, 4) is 0 Å². The Morgan fingerprint density at radius 3 is 2.94 bits per heavy atom. The molecule has 1 N–H and O–H groups in total. The number of carbonyl (C=O) groups excluding carboxylic acids is 1. The van der Waals surface area contributed by atoms with Crippen LogP contribution < -0.4 is 5.32 Å². The Labute approximate surface area is 93.6 Å². The first-order valence-electron chi connectivity index (χ1n) is 5.09. The molecule has 1 atom stereocenters. The molecular weight excluding hydrogens is 206 g/mol. The number of hydrogen-bond acceptors (Lipinski definition) is 5. The molecule has 1 aromatic heterocycles. The van der Waals surface area contributed by atoms with E-state index in [2.05, 4.69) is 15.3 Å². The molecule has 84 valence electrons. The van der Waals surface area contributed by atoms with Crippen molar-refractivity contribution in [2.75, 3.05) is 13.7 Å². The lowest BCUT2D eigenvalue weighted by atomic mass is 10.0. The van der Waals surface area contributed by atoms with Crippen LogP contribution in [0.5, 0.6) is 0 Å². The molecular formula is C11H13N3O2. The number of esters is 1. The number of methoxy groups -OCH3 is 1. The maximum absolute atomic E-state index is 11.4. The SMILES string of the molecule is COC(=O)C1=CCNC(c2ncccn2)C1. The molecule has 2 heterocycles. The number of hydrogen-bond donors (Lipinski definition) is 1. The zero-order valence-corrected chi connectivity index (χ0v) is 9.01. The molecule has 0 radical (unpaired) electrons. The second-order valence-electron chi connectivity index (χ2n) is 3.49. The zero-order valence-electron chi connectivity index (χ0n) is 9.01. The molecule has 0 saturated carbocycles. The fraction of sp³-hybridized carbons (Fsp3) is 0.364. The molecule has 1 aromatic rings. The predicted molar refractivity (Wildman–Crippen MR) is 57.5 cm³/mol. The summed E-state index contributed by atoms with van der Waals surface area (Å²) in [7, 11) is 1.39. The average molecular weight is 219 g/mol. The van der Waals surface area contributed by atoms with E-state index in [9.17, 15) is 4.79 Å². The quantitative estimate of drug-likeness (QED) is 0.738. The third-order valence-corrected chi connectivity index (χ3v) is 2.48. The average Bonchev–Trinajstić information content (AvgIpc) is 2.39. The standard InChI is InChI=1S/C11H13N3O2/c1-16-11(15)8-3-6-12-9(7-8)10-13-4-2-5-14-10/h2-5,9,12H,6-7H2,1H3. The molecule has 16 heavy (non-hydrogen) atoms. The van der Waals surface area contributed by atoms with Crippen molar-refractivity contribution >= 4 is 5.97 Å². The summed E-state index contributed by atoms with van der Waals surface area (Å²) in [6.45, 7) is 0.632. The molecule has 0 spiro atoms. The van der Waals surface area contributed by atoms with Crippen LogP contribution in [0.4, 0.5) is 0 Å². The highest BCUT2D eigenvalue weighted by Crippen LogP contribution is 2.21. The first-order chi connectivity index (χ1) is 7.81. The highest BCUT2D eigenvalue weighted by Gasteiger charge is 2.22. The van der Waals surface area contributed by atoms with Gasteiger partial charge in [0.1, 0.15) is 5.82 Å². The van der Waals surface area contributed by atoms with Crippen molar-refractivity contribution in [2.45, 2.75) is 12.5 Å². The molecule has 1 aliphatic heterocycles. The molecule has 1 aliphatic rings. The topological polar surface area (TPSA) is 64.1 Å². The van der Waals surface area contributed by atoms with Crippen molar-refractivity contribution in [1.29, 1.82) is 0 Å². The van der Waals surface area contributed by atoms with E-state index in [1.807, 2.05) is 6.08 Å². The summed E-state index contributed by atoms with van der Waals surface area (Å²) in [4.78, 5) is 19.7. The Morgan fingerprint density at radius 1 is 1.50 bits per heavy atom. The van der Waals surface area contributed by atoms with Gasteiger partial charge in [-0.05, 0) is 6.07 Å². The summed E-state index contributed by atoms with van der Waals surface area (Å²) < 4.78 is 4.70. The maximum atomic E-state index is 11.4. The number of ether oxygens (including phenoxy) is 1. The van der Waals surface area contributed by atoms with Gasteiger partial charge in [-0.2, -0.15) is 0 Å². The molecule has 2 rings (SSSR count). The van der Waals surface area contributed by atoms with Crippen LogP contribution in [-0.2, 0) is 9.53 Å². The van der Waals surface area contributed by atoms with Crippen molar-refractivity contribution in [3.63, 3.8) is 0 Å². The van der Waals surface area contributed by atoms with E-state index >= 15 is 0 Å². The highest BCUT2D eigenvalue weighted by atomic mass is 16.5. The van der Waals surface area contributed by atoms with E-state index in [0.29, 0.717) is 24.4 Å². The molecule has 5 nitrogen and oxygen atoms in total. The Balaban J connectivity index is 2.11. The van der Waals surface area contributed by atoms with Crippen LogP contribution >= 0.6 is 0 Å². The third kappa shape index (κ3) is 2.25. The van der Waals surface area contributed by atoms with E-state index in [0.717, 1.165) is 0 Å². The predicted octanol–water partition coefficient (Wildman–Crippen LogP) is 0.610. The summed E-state index contributed by atoms with van der Waals surface area (Å²) in [5, 5.41) is 3.24. The second kappa shape index (κ2) is 4.85. The van der Waals surface area contributed by atoms with Crippen molar-refractivity contribution < 1.29 is 9.53 Å². The lowest BCUT2D eigenvalue weighted by Gasteiger charge is -2.21. The molecule has 0 amide bonds. The first kappa shape index (κ1) is 10.8. The normalized spacial score (nSPS) is 20.1. The van der Waals surface area contributed by atoms with Crippen LogP contribution in [0.3, 0.4) is 0 Å². The molecule has 1 unspecified atom stereocenters. The van der Waals surface area contributed by atoms with Gasteiger partial charge in [0.05, 0.1) is 13.2 Å². The monoisotopic (exact) mass is 219 g/mol. The van der Waals surface area contributed by atoms with E-state index in [-0.39, 0.29) is 12.0 Å². The van der Waals surface area contributed by atoms with Crippen molar-refractivity contribution in [3.05, 3.63) is 35.9 Å². The number of nitrogens with one attached hydrogen (secondary N) is 1. The second-order valence-corrected chi connectivity index (χ2v) is 3.49. The number of carbonyl (C=O) groups is 1. The van der Waals surface area contributed by atoms with Crippen LogP contribution in [0.2, 0.25) is 0 Å². The number of nitrogens with zero attached hydrogens (tertiary/aromatic N) is 2. The van der Waals surface area contributed by atoms with E-state index in [1.165, 1.54) is 7.11 Å². The summed E-state index contributed by atoms with van der Waals surface area (Å²) in [5.41, 5.74) is 0.679. The van der Waals surface area contributed by atoms with Gasteiger partial charge >= 0.3 is 5.97 Å². The van der Waals surface area contributed by atoms with Crippen LogP contribution in [0.15, 0.2) is 30.1 Å². The summed E-state index contributed by atoms with van der Waals surface area (Å²) >= 11 is 0. The maximum Gasteiger partial charge on any atom is 0.333 e. The fourth-order valence-corrected chi connectivity index (χ4v) is 1.67. The largest absolute Gasteiger partial charge is 0.466 e. The number of rotatable bonds is 2. The Kier molecular flexibility index (Phi) is 3.26. The fourth-order valence-electron chi connectivity index (χ4n) is 1.67. The van der Waals surface area contributed by atoms with Gasteiger partial charge in [-0.25, -0.2) is 14.8 Å². The lowest BCUT2D eigenvalue weighted by molar-refractivity contribution is -0.136. The van der Waals surface area contributed by atoms with Gasteiger partial charge in [-0.3, -0.25) is 0 Å². The molecule has 0 aliphatic carbocycles. The van der Waals surface area contributed by atoms with Gasteiger partial charge in [-0.1, -0.05) is 6.08 Å². The molecule has 0 fully saturated rings. The molecule has 0 aromatic carbocycles. The smallest absolute Gasteiger partial charge is 0.333 e. The minimum absolute atomic E-state index is 0.0136. The number of aromatic nitrogens is 2. The van der Waals surface area contributed by atoms with Crippen LogP contribution in [-0.4, -0.2) is 29.6 Å². The lowest BCUT2D eigenvalue weighted by Crippen LogP contribution is -2.29. The van der Waals surface area contributed by atoms with E-state index < -0.39 is 0 Å². The molecule has 0 bridgehead atoms. The minimum atomic E-state index is -0.276.